The largest absolute Gasteiger partial charge is 0.460 e. The normalized spacial score (nSPS) is 25.2. The molecule has 0 spiro atoms. The monoisotopic (exact) mass is 270 g/mol. The summed E-state index contributed by atoms with van der Waals surface area (Å²) >= 11 is 0. The summed E-state index contributed by atoms with van der Waals surface area (Å²) in [5, 5.41) is 9.68. The standard InChI is InChI=1S/C16H30O3/c1-15(2,3)19-14(18)16(4,5)10-9-12-7-6-8-13(17)11-12/h12-13,17H,6-11H2,1-5H3. The molecule has 3 nitrogen and oxygen atoms in total. The Morgan fingerprint density at radius 2 is 1.84 bits per heavy atom. The highest BCUT2D eigenvalue weighted by molar-refractivity contribution is 5.76. The Hall–Kier alpha value is -0.570. The molecule has 1 aliphatic rings. The van der Waals surface area contributed by atoms with Crippen molar-refractivity contribution in [3.05, 3.63) is 0 Å². The maximum absolute atomic E-state index is 12.1. The number of aliphatic hydroxyl groups excluding tert-OH is 1. The van der Waals surface area contributed by atoms with E-state index in [-0.39, 0.29) is 12.1 Å². The predicted octanol–water partition coefficient (Wildman–Crippen LogP) is 3.69. The van der Waals surface area contributed by atoms with Gasteiger partial charge < -0.3 is 9.84 Å². The van der Waals surface area contributed by atoms with Gasteiger partial charge in [0.05, 0.1) is 11.5 Å². The van der Waals surface area contributed by atoms with E-state index in [9.17, 15) is 9.90 Å². The van der Waals surface area contributed by atoms with Crippen molar-refractivity contribution in [2.24, 2.45) is 11.3 Å². The molecule has 2 unspecified atom stereocenters. The van der Waals surface area contributed by atoms with Crippen molar-refractivity contribution in [3.63, 3.8) is 0 Å². The van der Waals surface area contributed by atoms with Crippen LogP contribution in [-0.4, -0.2) is 22.8 Å². The molecule has 1 N–H and O–H groups in total. The topological polar surface area (TPSA) is 46.5 Å². The fourth-order valence-corrected chi connectivity index (χ4v) is 2.61. The van der Waals surface area contributed by atoms with E-state index in [0.717, 1.165) is 32.1 Å². The van der Waals surface area contributed by atoms with Crippen LogP contribution < -0.4 is 0 Å². The second-order valence-electron chi connectivity index (χ2n) is 7.61. The first-order valence-corrected chi connectivity index (χ1v) is 7.52. The summed E-state index contributed by atoms with van der Waals surface area (Å²) in [6.07, 6.45) is 5.82. The number of esters is 1. The lowest BCUT2D eigenvalue weighted by Crippen LogP contribution is -2.34. The maximum atomic E-state index is 12.1. The van der Waals surface area contributed by atoms with Crippen LogP contribution in [-0.2, 0) is 9.53 Å². The second kappa shape index (κ2) is 6.25. The smallest absolute Gasteiger partial charge is 0.312 e. The summed E-state index contributed by atoms with van der Waals surface area (Å²) < 4.78 is 5.48. The van der Waals surface area contributed by atoms with Gasteiger partial charge in [-0.1, -0.05) is 12.8 Å². The number of carbonyl (C=O) groups is 1. The van der Waals surface area contributed by atoms with Gasteiger partial charge in [0.15, 0.2) is 0 Å². The molecule has 112 valence electrons. The second-order valence-corrected chi connectivity index (χ2v) is 7.61. The molecule has 0 saturated heterocycles. The quantitative estimate of drug-likeness (QED) is 0.793. The fourth-order valence-electron chi connectivity index (χ4n) is 2.61. The number of rotatable bonds is 4. The van der Waals surface area contributed by atoms with Crippen LogP contribution in [0, 0.1) is 11.3 Å². The molecule has 0 amide bonds. The van der Waals surface area contributed by atoms with Gasteiger partial charge in [0.1, 0.15) is 5.60 Å². The molecule has 1 rings (SSSR count). The van der Waals surface area contributed by atoms with Gasteiger partial charge in [-0.3, -0.25) is 4.79 Å². The van der Waals surface area contributed by atoms with Crippen molar-refractivity contribution in [2.75, 3.05) is 0 Å². The minimum absolute atomic E-state index is 0.114. The highest BCUT2D eigenvalue weighted by Crippen LogP contribution is 2.33. The van der Waals surface area contributed by atoms with E-state index in [0.29, 0.717) is 5.92 Å². The molecular formula is C16H30O3. The molecule has 0 heterocycles. The van der Waals surface area contributed by atoms with Crippen LogP contribution in [0.4, 0.5) is 0 Å². The molecule has 0 radical (unpaired) electrons. The molecule has 0 aromatic rings. The van der Waals surface area contributed by atoms with Crippen molar-refractivity contribution in [1.29, 1.82) is 0 Å². The van der Waals surface area contributed by atoms with Gasteiger partial charge in [-0.25, -0.2) is 0 Å². The van der Waals surface area contributed by atoms with Gasteiger partial charge in [0.2, 0.25) is 0 Å². The first kappa shape index (κ1) is 16.5. The lowest BCUT2D eigenvalue weighted by Gasteiger charge is -2.31. The zero-order chi connectivity index (χ0) is 14.7. The molecule has 19 heavy (non-hydrogen) atoms. The van der Waals surface area contributed by atoms with E-state index < -0.39 is 11.0 Å². The Labute approximate surface area is 117 Å². The average Bonchev–Trinajstić information content (AvgIpc) is 2.24. The highest BCUT2D eigenvalue weighted by atomic mass is 16.6. The molecule has 0 bridgehead atoms. The van der Waals surface area contributed by atoms with E-state index in [1.54, 1.807) is 0 Å². The molecule has 1 saturated carbocycles. The van der Waals surface area contributed by atoms with Crippen LogP contribution in [0.5, 0.6) is 0 Å². The molecule has 0 aromatic carbocycles. The Morgan fingerprint density at radius 3 is 2.37 bits per heavy atom. The van der Waals surface area contributed by atoms with Crippen LogP contribution in [0.15, 0.2) is 0 Å². The predicted molar refractivity (Wildman–Crippen MR) is 76.8 cm³/mol. The highest BCUT2D eigenvalue weighted by Gasteiger charge is 2.33. The molecule has 0 aromatic heterocycles. The third-order valence-electron chi connectivity index (χ3n) is 3.88. The number of aliphatic hydroxyl groups is 1. The van der Waals surface area contributed by atoms with Crippen LogP contribution in [0.2, 0.25) is 0 Å². The first-order valence-electron chi connectivity index (χ1n) is 7.52. The van der Waals surface area contributed by atoms with Gasteiger partial charge in [-0.05, 0) is 66.2 Å². The maximum Gasteiger partial charge on any atom is 0.312 e. The molecule has 1 fully saturated rings. The zero-order valence-corrected chi connectivity index (χ0v) is 13.2. The van der Waals surface area contributed by atoms with E-state index in [1.807, 2.05) is 34.6 Å². The number of carbonyl (C=O) groups excluding carboxylic acids is 1. The summed E-state index contributed by atoms with van der Waals surface area (Å²) in [5.41, 5.74) is -0.856. The van der Waals surface area contributed by atoms with Crippen LogP contribution >= 0.6 is 0 Å². The van der Waals surface area contributed by atoms with Crippen molar-refractivity contribution >= 4 is 5.97 Å². The lowest BCUT2D eigenvalue weighted by atomic mass is 9.79. The van der Waals surface area contributed by atoms with E-state index in [1.165, 1.54) is 6.42 Å². The van der Waals surface area contributed by atoms with E-state index in [2.05, 4.69) is 0 Å². The van der Waals surface area contributed by atoms with Gasteiger partial charge in [0.25, 0.3) is 0 Å². The third kappa shape index (κ3) is 5.94. The summed E-state index contributed by atoms with van der Waals surface area (Å²) in [6.45, 7) is 9.62. The van der Waals surface area contributed by atoms with E-state index >= 15 is 0 Å². The van der Waals surface area contributed by atoms with Crippen LogP contribution in [0.1, 0.15) is 73.1 Å². The SMILES string of the molecule is CC(C)(C)OC(=O)C(C)(C)CCC1CCCC(O)C1. The average molecular weight is 270 g/mol. The van der Waals surface area contributed by atoms with Crippen molar-refractivity contribution < 1.29 is 14.6 Å². The van der Waals surface area contributed by atoms with Gasteiger partial charge >= 0.3 is 5.97 Å². The van der Waals surface area contributed by atoms with Crippen LogP contribution in [0.3, 0.4) is 0 Å². The number of hydrogen-bond donors (Lipinski definition) is 1. The minimum atomic E-state index is -0.435. The molecule has 0 aliphatic heterocycles. The summed E-state index contributed by atoms with van der Waals surface area (Å²) in [4.78, 5) is 12.1. The molecule has 1 aliphatic carbocycles. The fraction of sp³-hybridized carbons (Fsp3) is 0.938. The third-order valence-corrected chi connectivity index (χ3v) is 3.88. The Kier molecular flexibility index (Phi) is 5.43. The van der Waals surface area contributed by atoms with Crippen molar-refractivity contribution in [3.8, 4) is 0 Å². The number of ether oxygens (including phenoxy) is 1. The Balaban J connectivity index is 2.43. The molecular weight excluding hydrogens is 240 g/mol. The summed E-state index contributed by atoms with van der Waals surface area (Å²) in [6, 6.07) is 0. The van der Waals surface area contributed by atoms with Gasteiger partial charge in [-0.2, -0.15) is 0 Å². The number of hydrogen-bond acceptors (Lipinski definition) is 3. The Morgan fingerprint density at radius 1 is 1.21 bits per heavy atom. The molecule has 3 heteroatoms. The lowest BCUT2D eigenvalue weighted by molar-refractivity contribution is -0.166. The first-order chi connectivity index (χ1) is 8.60. The van der Waals surface area contributed by atoms with Crippen LogP contribution in [0.25, 0.3) is 0 Å². The van der Waals surface area contributed by atoms with Gasteiger partial charge in [-0.15, -0.1) is 0 Å². The zero-order valence-electron chi connectivity index (χ0n) is 13.2. The summed E-state index contributed by atoms with van der Waals surface area (Å²) in [5.74, 6) is 0.446. The van der Waals surface area contributed by atoms with Crippen molar-refractivity contribution in [1.82, 2.24) is 0 Å². The van der Waals surface area contributed by atoms with Gasteiger partial charge in [0, 0.05) is 0 Å². The summed E-state index contributed by atoms with van der Waals surface area (Å²) in [7, 11) is 0. The molecule has 2 atom stereocenters. The Bertz CT molecular complexity index is 302. The minimum Gasteiger partial charge on any atom is -0.460 e. The van der Waals surface area contributed by atoms with E-state index in [4.69, 9.17) is 4.74 Å². The van der Waals surface area contributed by atoms with Crippen molar-refractivity contribution in [2.45, 2.75) is 84.8 Å².